The molecule has 0 bridgehead atoms. The predicted molar refractivity (Wildman–Crippen MR) is 77.0 cm³/mol. The highest BCUT2D eigenvalue weighted by Gasteiger charge is 2.52. The molecule has 1 aliphatic heterocycles. The zero-order valence-electron chi connectivity index (χ0n) is 12.9. The smallest absolute Gasteiger partial charge is 0.0788 e. The van der Waals surface area contributed by atoms with Crippen LogP contribution in [0.5, 0.6) is 0 Å². The quantitative estimate of drug-likeness (QED) is 0.792. The fourth-order valence-electron chi connectivity index (χ4n) is 3.63. The van der Waals surface area contributed by atoms with Crippen LogP contribution in [0.2, 0.25) is 0 Å². The summed E-state index contributed by atoms with van der Waals surface area (Å²) in [7, 11) is 0. The van der Waals surface area contributed by atoms with Crippen molar-refractivity contribution in [2.75, 3.05) is 19.7 Å². The zero-order chi connectivity index (χ0) is 14.3. The molecule has 1 saturated carbocycles. The van der Waals surface area contributed by atoms with Gasteiger partial charge in [0.25, 0.3) is 0 Å². The molecule has 1 heterocycles. The van der Waals surface area contributed by atoms with Crippen LogP contribution in [-0.4, -0.2) is 53.0 Å². The first-order valence-corrected chi connectivity index (χ1v) is 7.58. The molecule has 2 unspecified atom stereocenters. The number of aliphatic hydroxyl groups excluding tert-OH is 1. The molecule has 4 heteroatoms. The summed E-state index contributed by atoms with van der Waals surface area (Å²) in [5.41, 5.74) is 5.96. The average Bonchev–Trinajstić information content (AvgIpc) is 2.34. The SMILES string of the molecule is CC1(C)OC(C)(C)C(CN(CCO)C2CCC2)C1N. The van der Waals surface area contributed by atoms with Gasteiger partial charge in [0.1, 0.15) is 0 Å². The molecule has 2 rings (SSSR count). The maximum atomic E-state index is 9.27. The van der Waals surface area contributed by atoms with Crippen molar-refractivity contribution in [1.82, 2.24) is 4.90 Å². The average molecular weight is 270 g/mol. The predicted octanol–water partition coefficient (Wildman–Crippen LogP) is 1.36. The molecular weight excluding hydrogens is 240 g/mol. The summed E-state index contributed by atoms with van der Waals surface area (Å²) < 4.78 is 6.16. The molecule has 0 aromatic rings. The molecule has 0 aromatic carbocycles. The van der Waals surface area contributed by atoms with Gasteiger partial charge in [0.15, 0.2) is 0 Å². The van der Waals surface area contributed by atoms with Crippen molar-refractivity contribution in [2.24, 2.45) is 11.7 Å². The van der Waals surface area contributed by atoms with Gasteiger partial charge in [0.2, 0.25) is 0 Å². The Morgan fingerprint density at radius 1 is 1.21 bits per heavy atom. The Bertz CT molecular complexity index is 313. The van der Waals surface area contributed by atoms with E-state index in [9.17, 15) is 5.11 Å². The van der Waals surface area contributed by atoms with Crippen molar-refractivity contribution >= 4 is 0 Å². The Kier molecular flexibility index (Phi) is 4.26. The van der Waals surface area contributed by atoms with E-state index < -0.39 is 0 Å². The van der Waals surface area contributed by atoms with Gasteiger partial charge in [0.05, 0.1) is 17.8 Å². The summed E-state index contributed by atoms with van der Waals surface area (Å²) in [6.45, 7) is 10.4. The van der Waals surface area contributed by atoms with Crippen LogP contribution in [0, 0.1) is 5.92 Å². The second-order valence-corrected chi connectivity index (χ2v) is 7.24. The minimum atomic E-state index is -0.265. The van der Waals surface area contributed by atoms with Crippen molar-refractivity contribution in [3.63, 3.8) is 0 Å². The lowest BCUT2D eigenvalue weighted by Gasteiger charge is -2.41. The van der Waals surface area contributed by atoms with E-state index in [1.807, 2.05) is 0 Å². The summed E-state index contributed by atoms with van der Waals surface area (Å²) in [4.78, 5) is 2.42. The molecule has 2 aliphatic rings. The molecule has 1 saturated heterocycles. The summed E-state index contributed by atoms with van der Waals surface area (Å²) in [6.07, 6.45) is 3.83. The van der Waals surface area contributed by atoms with Gasteiger partial charge < -0.3 is 15.6 Å². The maximum Gasteiger partial charge on any atom is 0.0788 e. The number of hydrogen-bond acceptors (Lipinski definition) is 4. The van der Waals surface area contributed by atoms with E-state index >= 15 is 0 Å². The molecular formula is C15H30N2O2. The number of hydrogen-bond donors (Lipinski definition) is 2. The highest BCUT2D eigenvalue weighted by molar-refractivity contribution is 5.05. The second-order valence-electron chi connectivity index (χ2n) is 7.24. The maximum absolute atomic E-state index is 9.27. The first-order valence-electron chi connectivity index (χ1n) is 7.58. The Labute approximate surface area is 117 Å². The van der Waals surface area contributed by atoms with Gasteiger partial charge in [-0.15, -0.1) is 0 Å². The molecule has 2 atom stereocenters. The summed E-state index contributed by atoms with van der Waals surface area (Å²) in [5, 5.41) is 9.27. The molecule has 19 heavy (non-hydrogen) atoms. The van der Waals surface area contributed by atoms with E-state index in [-0.39, 0.29) is 23.9 Å². The van der Waals surface area contributed by atoms with Crippen molar-refractivity contribution < 1.29 is 9.84 Å². The third kappa shape index (κ3) is 2.97. The van der Waals surface area contributed by atoms with E-state index in [1.54, 1.807) is 0 Å². The molecule has 0 radical (unpaired) electrons. The number of aliphatic hydroxyl groups is 1. The molecule has 0 amide bonds. The van der Waals surface area contributed by atoms with Gasteiger partial charge in [0, 0.05) is 31.1 Å². The van der Waals surface area contributed by atoms with Gasteiger partial charge in [-0.1, -0.05) is 6.42 Å². The molecule has 3 N–H and O–H groups in total. The minimum Gasteiger partial charge on any atom is -0.395 e. The first kappa shape index (κ1) is 15.2. The Morgan fingerprint density at radius 2 is 1.84 bits per heavy atom. The van der Waals surface area contributed by atoms with Crippen molar-refractivity contribution in [3.8, 4) is 0 Å². The molecule has 0 spiro atoms. The van der Waals surface area contributed by atoms with Crippen molar-refractivity contribution in [3.05, 3.63) is 0 Å². The van der Waals surface area contributed by atoms with E-state index in [0.29, 0.717) is 12.0 Å². The normalized spacial score (nSPS) is 33.6. The largest absolute Gasteiger partial charge is 0.395 e. The number of rotatable bonds is 5. The Morgan fingerprint density at radius 3 is 2.21 bits per heavy atom. The van der Waals surface area contributed by atoms with Crippen molar-refractivity contribution in [1.29, 1.82) is 0 Å². The minimum absolute atomic E-state index is 0.0452. The lowest BCUT2D eigenvalue weighted by molar-refractivity contribution is -0.0802. The summed E-state index contributed by atoms with van der Waals surface area (Å²) in [6, 6.07) is 0.683. The summed E-state index contributed by atoms with van der Waals surface area (Å²) >= 11 is 0. The summed E-state index contributed by atoms with van der Waals surface area (Å²) in [5.74, 6) is 0.314. The number of nitrogens with two attached hydrogens (primary N) is 1. The van der Waals surface area contributed by atoms with Crippen LogP contribution in [-0.2, 0) is 4.74 Å². The van der Waals surface area contributed by atoms with Crippen LogP contribution in [0.25, 0.3) is 0 Å². The van der Waals surface area contributed by atoms with Gasteiger partial charge in [-0.25, -0.2) is 0 Å². The Hall–Kier alpha value is -0.160. The van der Waals surface area contributed by atoms with E-state index in [0.717, 1.165) is 13.1 Å². The molecule has 2 fully saturated rings. The van der Waals surface area contributed by atoms with Gasteiger partial charge in [-0.05, 0) is 40.5 Å². The van der Waals surface area contributed by atoms with Crippen LogP contribution >= 0.6 is 0 Å². The fraction of sp³-hybridized carbons (Fsp3) is 1.00. The highest BCUT2D eigenvalue weighted by Crippen LogP contribution is 2.42. The topological polar surface area (TPSA) is 58.7 Å². The van der Waals surface area contributed by atoms with Crippen molar-refractivity contribution in [2.45, 2.75) is 70.2 Å². The van der Waals surface area contributed by atoms with Gasteiger partial charge >= 0.3 is 0 Å². The number of nitrogens with zero attached hydrogens (tertiary/aromatic N) is 1. The number of ether oxygens (including phenoxy) is 1. The van der Waals surface area contributed by atoms with Crippen LogP contribution in [0.4, 0.5) is 0 Å². The second kappa shape index (κ2) is 5.32. The lowest BCUT2D eigenvalue weighted by atomic mass is 9.81. The van der Waals surface area contributed by atoms with Crippen LogP contribution in [0.1, 0.15) is 47.0 Å². The molecule has 4 nitrogen and oxygen atoms in total. The standard InChI is InChI=1S/C15H30N2O2/c1-14(2)12(13(16)15(3,4)19-14)10-17(8-9-18)11-6-5-7-11/h11-13,18H,5-10,16H2,1-4H3. The highest BCUT2D eigenvalue weighted by atomic mass is 16.5. The van der Waals surface area contributed by atoms with Crippen LogP contribution in [0.3, 0.4) is 0 Å². The third-order valence-electron chi connectivity index (χ3n) is 5.06. The molecule has 112 valence electrons. The zero-order valence-corrected chi connectivity index (χ0v) is 12.9. The molecule has 0 aromatic heterocycles. The van der Waals surface area contributed by atoms with Gasteiger partial charge in [-0.3, -0.25) is 4.90 Å². The van der Waals surface area contributed by atoms with E-state index in [1.165, 1.54) is 19.3 Å². The fourth-order valence-corrected chi connectivity index (χ4v) is 3.63. The lowest BCUT2D eigenvalue weighted by Crippen LogP contribution is -2.52. The third-order valence-corrected chi connectivity index (χ3v) is 5.06. The monoisotopic (exact) mass is 270 g/mol. The van der Waals surface area contributed by atoms with Crippen LogP contribution in [0.15, 0.2) is 0 Å². The van der Waals surface area contributed by atoms with Gasteiger partial charge in [-0.2, -0.15) is 0 Å². The van der Waals surface area contributed by atoms with Crippen LogP contribution < -0.4 is 5.73 Å². The first-order chi connectivity index (χ1) is 8.78. The van der Waals surface area contributed by atoms with E-state index in [2.05, 4.69) is 32.6 Å². The Balaban J connectivity index is 2.06. The van der Waals surface area contributed by atoms with E-state index in [4.69, 9.17) is 10.5 Å². The molecule has 1 aliphatic carbocycles.